The van der Waals surface area contributed by atoms with Gasteiger partial charge in [-0.05, 0) is 138 Å². The highest BCUT2D eigenvalue weighted by Crippen LogP contribution is 2.46. The van der Waals surface area contributed by atoms with Crippen LogP contribution in [0.4, 0.5) is 0 Å². The fourth-order valence-corrected chi connectivity index (χ4v) is 14.4. The third-order valence-corrected chi connectivity index (χ3v) is 19.7. The Kier molecular flexibility index (Phi) is 15.4. The Hall–Kier alpha value is -14.1. The first kappa shape index (κ1) is 61.0. The van der Waals surface area contributed by atoms with Crippen molar-refractivity contribution in [2.75, 3.05) is 0 Å². The second kappa shape index (κ2) is 26.2. The lowest BCUT2D eigenvalue weighted by Gasteiger charge is -2.14. The van der Waals surface area contributed by atoms with E-state index in [-0.39, 0.29) is 0 Å². The smallest absolute Gasteiger partial charge is 0.164 e. The normalized spacial score (nSPS) is 11.5. The quantitative estimate of drug-likeness (QED) is 0.106. The van der Waals surface area contributed by atoms with Crippen molar-refractivity contribution in [2.24, 2.45) is 0 Å². The van der Waals surface area contributed by atoms with Crippen molar-refractivity contribution in [1.29, 1.82) is 0 Å². The minimum absolute atomic E-state index is 0.546. The van der Waals surface area contributed by atoms with E-state index in [9.17, 15) is 0 Å². The van der Waals surface area contributed by atoms with E-state index in [0.29, 0.717) is 34.9 Å². The van der Waals surface area contributed by atoms with E-state index in [2.05, 4.69) is 231 Å². The Labute approximate surface area is 600 Å². The molecule has 8 nitrogen and oxygen atoms in total. The Morgan fingerprint density at radius 3 is 0.885 bits per heavy atom. The Morgan fingerprint density at radius 1 is 0.154 bits per heavy atom. The van der Waals surface area contributed by atoms with Crippen molar-refractivity contribution in [2.45, 2.75) is 0 Å². The molecule has 0 saturated heterocycles. The molecule has 8 heteroatoms. The standard InChI is InChI=1S/C96H60N6O2/c1-6-21-61(22-7-1)62-39-41-63(42-40-62)64-43-45-65(46-44-64)66-47-49-67(50-48-66)73-51-56-86-84(59-73)89-82(96-101-93(70-27-12-4-13-28-70)98-94(102-96)71-29-14-5-15-30-71)54-53-80(90(89)104-86)77-34-19-33-76(58-77)79-36-17-16-35-78(79)75-32-18-31-72(57-75)74-52-55-85-83(60-74)88-81(37-20-38-87(88)103-85)95-99-91(68-23-8-2-9-24-68)97-92(100-95)69-25-10-3-11-26-69/h1-60H. The summed E-state index contributed by atoms with van der Waals surface area (Å²) in [5.41, 5.74) is 25.9. The zero-order chi connectivity index (χ0) is 68.9. The highest BCUT2D eigenvalue weighted by molar-refractivity contribution is 6.17. The van der Waals surface area contributed by atoms with Gasteiger partial charge in [-0.15, -0.1) is 0 Å². The van der Waals surface area contributed by atoms with Gasteiger partial charge in [0.05, 0.1) is 0 Å². The van der Waals surface area contributed by atoms with Crippen LogP contribution >= 0.6 is 0 Å². The molecule has 0 atom stereocenters. The number of benzene rings is 15. The number of rotatable bonds is 14. The summed E-state index contributed by atoms with van der Waals surface area (Å²) in [4.78, 5) is 30.9. The van der Waals surface area contributed by atoms with Gasteiger partial charge in [-0.2, -0.15) is 0 Å². The molecule has 19 rings (SSSR count). The minimum Gasteiger partial charge on any atom is -0.456 e. The van der Waals surface area contributed by atoms with Crippen LogP contribution in [0.25, 0.3) is 201 Å². The first-order chi connectivity index (χ1) is 51.5. The van der Waals surface area contributed by atoms with Crippen molar-refractivity contribution < 1.29 is 8.83 Å². The molecular weight excluding hydrogens is 1270 g/mol. The summed E-state index contributed by atoms with van der Waals surface area (Å²) in [5.74, 6) is 3.48. The molecule has 0 radical (unpaired) electrons. The average Bonchev–Trinajstić information content (AvgIpc) is 1.55. The fraction of sp³-hybridized carbons (Fsp3) is 0. The molecule has 19 aromatic rings. The molecule has 104 heavy (non-hydrogen) atoms. The summed E-state index contributed by atoms with van der Waals surface area (Å²) in [5, 5.41) is 3.78. The molecule has 15 aromatic carbocycles. The first-order valence-corrected chi connectivity index (χ1v) is 34.9. The van der Waals surface area contributed by atoms with Gasteiger partial charge in [-0.1, -0.05) is 309 Å². The lowest BCUT2D eigenvalue weighted by Crippen LogP contribution is -2.00. The predicted molar refractivity (Wildman–Crippen MR) is 424 cm³/mol. The predicted octanol–water partition coefficient (Wildman–Crippen LogP) is 25.2. The van der Waals surface area contributed by atoms with Crippen LogP contribution in [0.5, 0.6) is 0 Å². The van der Waals surface area contributed by atoms with E-state index in [1.165, 1.54) is 22.3 Å². The van der Waals surface area contributed by atoms with E-state index in [1.54, 1.807) is 0 Å². The van der Waals surface area contributed by atoms with Gasteiger partial charge in [0.15, 0.2) is 34.9 Å². The van der Waals surface area contributed by atoms with Crippen LogP contribution in [-0.2, 0) is 0 Å². The monoisotopic (exact) mass is 1330 g/mol. The van der Waals surface area contributed by atoms with E-state index in [4.69, 9.17) is 38.7 Å². The van der Waals surface area contributed by atoms with E-state index < -0.39 is 0 Å². The number of nitrogens with zero attached hydrogens (tertiary/aromatic N) is 6. The third-order valence-electron chi connectivity index (χ3n) is 19.7. The van der Waals surface area contributed by atoms with Gasteiger partial charge in [0.1, 0.15) is 22.3 Å². The molecule has 0 aliphatic rings. The van der Waals surface area contributed by atoms with Crippen molar-refractivity contribution >= 4 is 43.9 Å². The Balaban J connectivity index is 0.684. The lowest BCUT2D eigenvalue weighted by atomic mass is 9.90. The van der Waals surface area contributed by atoms with Crippen molar-refractivity contribution in [3.05, 3.63) is 364 Å². The second-order valence-electron chi connectivity index (χ2n) is 26.1. The van der Waals surface area contributed by atoms with Crippen molar-refractivity contribution in [3.8, 4) is 157 Å². The van der Waals surface area contributed by atoms with Gasteiger partial charge in [0.25, 0.3) is 0 Å². The van der Waals surface area contributed by atoms with Gasteiger partial charge in [-0.25, -0.2) is 29.9 Å². The highest BCUT2D eigenvalue weighted by atomic mass is 16.3. The summed E-state index contributed by atoms with van der Waals surface area (Å²) in [7, 11) is 0. The first-order valence-electron chi connectivity index (χ1n) is 34.9. The fourth-order valence-electron chi connectivity index (χ4n) is 14.4. The largest absolute Gasteiger partial charge is 0.456 e. The van der Waals surface area contributed by atoms with Crippen molar-refractivity contribution in [1.82, 2.24) is 29.9 Å². The topological polar surface area (TPSA) is 104 Å². The zero-order valence-electron chi connectivity index (χ0n) is 56.1. The summed E-state index contributed by atoms with van der Waals surface area (Å²) in [6, 6.07) is 127. The summed E-state index contributed by atoms with van der Waals surface area (Å²) in [6.07, 6.45) is 0. The number of hydrogen-bond acceptors (Lipinski definition) is 8. The Bertz CT molecular complexity index is 6310. The van der Waals surface area contributed by atoms with E-state index >= 15 is 0 Å². The molecule has 0 N–H and O–H groups in total. The number of fused-ring (bicyclic) bond motifs is 6. The molecule has 0 unspecified atom stereocenters. The maximum atomic E-state index is 7.19. The average molecular weight is 1330 g/mol. The zero-order valence-corrected chi connectivity index (χ0v) is 56.1. The van der Waals surface area contributed by atoms with Crippen LogP contribution in [0.2, 0.25) is 0 Å². The molecule has 0 saturated carbocycles. The Morgan fingerprint density at radius 2 is 0.433 bits per heavy atom. The summed E-state index contributed by atoms with van der Waals surface area (Å²) < 4.78 is 13.8. The molecule has 0 fully saturated rings. The van der Waals surface area contributed by atoms with Crippen LogP contribution in [0.3, 0.4) is 0 Å². The third kappa shape index (κ3) is 11.5. The van der Waals surface area contributed by atoms with Crippen molar-refractivity contribution in [3.63, 3.8) is 0 Å². The SMILES string of the molecule is c1ccc(-c2ccc(-c3ccc(-c4ccc(-c5ccc6oc7c(-c8cccc(-c9ccccc9-c9cccc(-c%10ccc%11oc%12cccc(-c%13nc(-c%14ccccc%14)nc(-c%14ccccc%14)n%13)c%12c%11c%10)c9)c8)ccc(-c8nc(-c9ccccc9)nc(-c9ccccc9)n8)c7c6c5)cc4)cc3)cc2)cc1. The molecule has 486 valence electrons. The van der Waals surface area contributed by atoms with Gasteiger partial charge in [-0.3, -0.25) is 0 Å². The van der Waals surface area contributed by atoms with Crippen LogP contribution in [0, 0.1) is 0 Å². The number of hydrogen-bond donors (Lipinski definition) is 0. The molecular formula is C96H60N6O2. The molecule has 4 heterocycles. The number of furan rings is 2. The summed E-state index contributed by atoms with van der Waals surface area (Å²) >= 11 is 0. The van der Waals surface area contributed by atoms with Crippen LogP contribution in [0.1, 0.15) is 0 Å². The maximum absolute atomic E-state index is 7.19. The molecule has 0 spiro atoms. The van der Waals surface area contributed by atoms with Crippen LogP contribution in [-0.4, -0.2) is 29.9 Å². The van der Waals surface area contributed by atoms with Gasteiger partial charge >= 0.3 is 0 Å². The van der Waals surface area contributed by atoms with Gasteiger partial charge in [0, 0.05) is 60.5 Å². The molecule has 0 aliphatic carbocycles. The van der Waals surface area contributed by atoms with E-state index in [0.717, 1.165) is 144 Å². The second-order valence-corrected chi connectivity index (χ2v) is 26.1. The molecule has 4 aromatic heterocycles. The van der Waals surface area contributed by atoms with Gasteiger partial charge in [0.2, 0.25) is 0 Å². The summed E-state index contributed by atoms with van der Waals surface area (Å²) in [6.45, 7) is 0. The maximum Gasteiger partial charge on any atom is 0.164 e. The number of aromatic nitrogens is 6. The van der Waals surface area contributed by atoms with Crippen LogP contribution < -0.4 is 0 Å². The molecule has 0 bridgehead atoms. The highest BCUT2D eigenvalue weighted by Gasteiger charge is 2.24. The van der Waals surface area contributed by atoms with E-state index in [1.807, 2.05) is 133 Å². The molecule has 0 aliphatic heterocycles. The minimum atomic E-state index is 0.546. The van der Waals surface area contributed by atoms with Gasteiger partial charge < -0.3 is 8.83 Å². The molecule has 0 amide bonds. The lowest BCUT2D eigenvalue weighted by molar-refractivity contribution is 0.669. The van der Waals surface area contributed by atoms with Crippen LogP contribution in [0.15, 0.2) is 373 Å².